The summed E-state index contributed by atoms with van der Waals surface area (Å²) < 4.78 is 0. The Kier molecular flexibility index (Phi) is 4.94. The van der Waals surface area contributed by atoms with Crippen LogP contribution >= 0.6 is 0 Å². The smallest absolute Gasteiger partial charge is 0.317 e. The molecule has 0 spiro atoms. The molecule has 14 heavy (non-hydrogen) atoms. The largest absolute Gasteiger partial charge is 0.480 e. The number of carboxylic acids is 1. The molecule has 0 aromatic heterocycles. The highest BCUT2D eigenvalue weighted by Gasteiger charge is 2.17. The molecule has 1 aliphatic carbocycles. The molecule has 0 aliphatic heterocycles. The Bertz CT molecular complexity index is 176. The van der Waals surface area contributed by atoms with Gasteiger partial charge in [-0.3, -0.25) is 9.69 Å². The molecule has 0 atom stereocenters. The molecule has 1 saturated carbocycles. The van der Waals surface area contributed by atoms with Crippen molar-refractivity contribution < 1.29 is 9.90 Å². The first-order valence-electron chi connectivity index (χ1n) is 5.66. The second kappa shape index (κ2) is 6.02. The van der Waals surface area contributed by atoms with Crippen LogP contribution in [0.15, 0.2) is 0 Å². The lowest BCUT2D eigenvalue weighted by Gasteiger charge is -2.27. The molecule has 0 aromatic carbocycles. The van der Waals surface area contributed by atoms with Crippen LogP contribution < -0.4 is 0 Å². The molecule has 0 aromatic rings. The third kappa shape index (κ3) is 4.09. The monoisotopic (exact) mass is 199 g/mol. The van der Waals surface area contributed by atoms with Crippen molar-refractivity contribution in [2.45, 2.75) is 39.0 Å². The molecule has 0 bridgehead atoms. The molecule has 0 saturated heterocycles. The fourth-order valence-corrected chi connectivity index (χ4v) is 2.23. The number of hydrogen-bond donors (Lipinski definition) is 1. The normalized spacial score (nSPS) is 18.7. The summed E-state index contributed by atoms with van der Waals surface area (Å²) in [5.41, 5.74) is 0. The lowest BCUT2D eigenvalue weighted by atomic mass is 9.89. The predicted octanol–water partition coefficient (Wildman–Crippen LogP) is 1.97. The quantitative estimate of drug-likeness (QED) is 0.736. The van der Waals surface area contributed by atoms with Gasteiger partial charge in [-0.2, -0.15) is 0 Å². The van der Waals surface area contributed by atoms with Gasteiger partial charge in [0.1, 0.15) is 0 Å². The van der Waals surface area contributed by atoms with Crippen molar-refractivity contribution in [3.8, 4) is 0 Å². The van der Waals surface area contributed by atoms with Crippen LogP contribution in [-0.4, -0.2) is 35.6 Å². The van der Waals surface area contributed by atoms with E-state index in [9.17, 15) is 4.79 Å². The van der Waals surface area contributed by atoms with Gasteiger partial charge in [-0.25, -0.2) is 0 Å². The average molecular weight is 199 g/mol. The van der Waals surface area contributed by atoms with Gasteiger partial charge in [0.05, 0.1) is 6.54 Å². The van der Waals surface area contributed by atoms with Gasteiger partial charge in [0.2, 0.25) is 0 Å². The highest BCUT2D eigenvalue weighted by Crippen LogP contribution is 2.24. The number of likely N-dealkylation sites (N-methyl/N-ethyl adjacent to an activating group) is 1. The first-order chi connectivity index (χ1) is 6.72. The number of carboxylic acid groups (broad SMARTS) is 1. The maximum Gasteiger partial charge on any atom is 0.317 e. The number of nitrogens with zero attached hydrogens (tertiary/aromatic N) is 1. The Hall–Kier alpha value is -0.570. The Morgan fingerprint density at radius 3 is 2.50 bits per heavy atom. The number of hydrogen-bond acceptors (Lipinski definition) is 2. The summed E-state index contributed by atoms with van der Waals surface area (Å²) in [5.74, 6) is 0.0331. The van der Waals surface area contributed by atoms with Gasteiger partial charge in [0.15, 0.2) is 0 Å². The fraction of sp³-hybridized carbons (Fsp3) is 0.909. The summed E-state index contributed by atoms with van der Waals surface area (Å²) in [6.45, 7) is 4.06. The van der Waals surface area contributed by atoms with Gasteiger partial charge < -0.3 is 5.11 Å². The lowest BCUT2D eigenvalue weighted by Crippen LogP contribution is -2.34. The number of carbonyl (C=O) groups is 1. The van der Waals surface area contributed by atoms with Crippen molar-refractivity contribution in [1.29, 1.82) is 0 Å². The van der Waals surface area contributed by atoms with E-state index in [0.29, 0.717) is 0 Å². The van der Waals surface area contributed by atoms with E-state index in [1.807, 2.05) is 11.8 Å². The van der Waals surface area contributed by atoms with Crippen LogP contribution in [0.3, 0.4) is 0 Å². The number of rotatable bonds is 5. The van der Waals surface area contributed by atoms with E-state index in [1.54, 1.807) is 0 Å². The van der Waals surface area contributed by atoms with Gasteiger partial charge >= 0.3 is 5.97 Å². The van der Waals surface area contributed by atoms with E-state index < -0.39 is 5.97 Å². The van der Waals surface area contributed by atoms with Crippen LogP contribution in [0.2, 0.25) is 0 Å². The van der Waals surface area contributed by atoms with Crippen LogP contribution in [0.4, 0.5) is 0 Å². The van der Waals surface area contributed by atoms with Crippen molar-refractivity contribution in [2.24, 2.45) is 5.92 Å². The van der Waals surface area contributed by atoms with Crippen molar-refractivity contribution in [3.63, 3.8) is 0 Å². The molecule has 82 valence electrons. The molecule has 0 radical (unpaired) electrons. The van der Waals surface area contributed by atoms with E-state index in [0.717, 1.165) is 19.0 Å². The van der Waals surface area contributed by atoms with E-state index >= 15 is 0 Å². The van der Waals surface area contributed by atoms with Gasteiger partial charge in [-0.05, 0) is 25.3 Å². The van der Waals surface area contributed by atoms with Crippen LogP contribution in [0, 0.1) is 5.92 Å². The molecule has 1 fully saturated rings. The highest BCUT2D eigenvalue weighted by atomic mass is 16.4. The standard InChI is InChI=1S/C11H21NO2/c1-2-12(9-11(13)14)8-10-6-4-3-5-7-10/h10H,2-9H2,1H3,(H,13,14). The maximum absolute atomic E-state index is 10.6. The van der Waals surface area contributed by atoms with E-state index in [-0.39, 0.29) is 6.54 Å². The zero-order valence-electron chi connectivity index (χ0n) is 9.04. The predicted molar refractivity (Wildman–Crippen MR) is 56.3 cm³/mol. The molecule has 0 amide bonds. The zero-order chi connectivity index (χ0) is 10.4. The van der Waals surface area contributed by atoms with Crippen LogP contribution in [0.25, 0.3) is 0 Å². The molecule has 0 unspecified atom stereocenters. The topological polar surface area (TPSA) is 40.5 Å². The lowest BCUT2D eigenvalue weighted by molar-refractivity contribution is -0.138. The molecule has 1 N–H and O–H groups in total. The first kappa shape index (κ1) is 11.5. The molecule has 3 heteroatoms. The Morgan fingerprint density at radius 1 is 1.36 bits per heavy atom. The third-order valence-electron chi connectivity index (χ3n) is 3.05. The summed E-state index contributed by atoms with van der Waals surface area (Å²) in [7, 11) is 0. The number of aliphatic carboxylic acids is 1. The van der Waals surface area contributed by atoms with Crippen LogP contribution in [0.5, 0.6) is 0 Å². The maximum atomic E-state index is 10.6. The minimum Gasteiger partial charge on any atom is -0.480 e. The minimum absolute atomic E-state index is 0.201. The zero-order valence-corrected chi connectivity index (χ0v) is 9.04. The van der Waals surface area contributed by atoms with Crippen molar-refractivity contribution in [3.05, 3.63) is 0 Å². The molecule has 1 rings (SSSR count). The van der Waals surface area contributed by atoms with Gasteiger partial charge in [0.25, 0.3) is 0 Å². The van der Waals surface area contributed by atoms with Crippen LogP contribution in [-0.2, 0) is 4.79 Å². The Balaban J connectivity index is 2.27. The van der Waals surface area contributed by atoms with Gasteiger partial charge in [-0.15, -0.1) is 0 Å². The summed E-state index contributed by atoms with van der Waals surface area (Å²) in [5, 5.41) is 8.70. The van der Waals surface area contributed by atoms with Crippen molar-refractivity contribution >= 4 is 5.97 Å². The molecular formula is C11H21NO2. The molecule has 3 nitrogen and oxygen atoms in total. The van der Waals surface area contributed by atoms with Crippen molar-refractivity contribution in [1.82, 2.24) is 4.90 Å². The van der Waals surface area contributed by atoms with Crippen molar-refractivity contribution in [2.75, 3.05) is 19.6 Å². The van der Waals surface area contributed by atoms with E-state index in [2.05, 4.69) is 0 Å². The summed E-state index contributed by atoms with van der Waals surface area (Å²) in [6.07, 6.45) is 6.60. The average Bonchev–Trinajstić information content (AvgIpc) is 2.17. The SMILES string of the molecule is CCN(CC(=O)O)CC1CCCCC1. The second-order valence-corrected chi connectivity index (χ2v) is 4.23. The third-order valence-corrected chi connectivity index (χ3v) is 3.05. The van der Waals surface area contributed by atoms with Gasteiger partial charge in [0, 0.05) is 6.54 Å². The Labute approximate surface area is 86.1 Å². The minimum atomic E-state index is -0.706. The van der Waals surface area contributed by atoms with E-state index in [4.69, 9.17) is 5.11 Å². The highest BCUT2D eigenvalue weighted by molar-refractivity contribution is 5.69. The molecule has 1 aliphatic rings. The molecule has 0 heterocycles. The molecular weight excluding hydrogens is 178 g/mol. The fourth-order valence-electron chi connectivity index (χ4n) is 2.23. The summed E-state index contributed by atoms with van der Waals surface area (Å²) in [4.78, 5) is 12.6. The summed E-state index contributed by atoms with van der Waals surface area (Å²) in [6, 6.07) is 0. The van der Waals surface area contributed by atoms with E-state index in [1.165, 1.54) is 32.1 Å². The summed E-state index contributed by atoms with van der Waals surface area (Å²) >= 11 is 0. The van der Waals surface area contributed by atoms with Crippen LogP contribution in [0.1, 0.15) is 39.0 Å². The van der Waals surface area contributed by atoms with Gasteiger partial charge in [-0.1, -0.05) is 26.2 Å². The Morgan fingerprint density at radius 2 is 2.00 bits per heavy atom. The first-order valence-corrected chi connectivity index (χ1v) is 5.66. The second-order valence-electron chi connectivity index (χ2n) is 4.23.